The van der Waals surface area contributed by atoms with Crippen LogP contribution in [-0.2, 0) is 0 Å². The van der Waals surface area contributed by atoms with Gasteiger partial charge in [0.05, 0.1) is 4.92 Å². The van der Waals surface area contributed by atoms with Crippen molar-refractivity contribution in [3.05, 3.63) is 73.2 Å². The lowest BCUT2D eigenvalue weighted by molar-refractivity contribution is -0.384. The molecule has 0 saturated heterocycles. The van der Waals surface area contributed by atoms with E-state index in [0.29, 0.717) is 10.6 Å². The third-order valence-corrected chi connectivity index (χ3v) is 3.57. The van der Waals surface area contributed by atoms with Crippen molar-refractivity contribution in [3.63, 3.8) is 0 Å². The molecule has 20 heavy (non-hydrogen) atoms. The molecule has 2 rings (SSSR count). The van der Waals surface area contributed by atoms with Crippen molar-refractivity contribution >= 4 is 34.7 Å². The number of nitro benzene ring substituents is 1. The molecule has 2 aromatic carbocycles. The second-order valence-corrected chi connectivity index (χ2v) is 5.03. The summed E-state index contributed by atoms with van der Waals surface area (Å²) in [6, 6.07) is 8.82. The first-order valence-electron chi connectivity index (χ1n) is 5.65. The van der Waals surface area contributed by atoms with Gasteiger partial charge in [0.1, 0.15) is 5.02 Å². The highest BCUT2D eigenvalue weighted by Gasteiger charge is 2.17. The number of rotatable bonds is 3. The minimum absolute atomic E-state index is 0.00108. The van der Waals surface area contributed by atoms with E-state index >= 15 is 0 Å². The lowest BCUT2D eigenvalue weighted by atomic mass is 10.0. The summed E-state index contributed by atoms with van der Waals surface area (Å²) in [5.41, 5.74) is 1.11. The van der Waals surface area contributed by atoms with E-state index in [1.807, 2.05) is 0 Å². The average Bonchev–Trinajstić information content (AvgIpc) is 2.41. The molecule has 0 aliphatic heterocycles. The van der Waals surface area contributed by atoms with Gasteiger partial charge in [-0.05, 0) is 42.8 Å². The molecule has 0 aliphatic carbocycles. The summed E-state index contributed by atoms with van der Waals surface area (Å²) in [7, 11) is 0. The quantitative estimate of drug-likeness (QED) is 0.478. The van der Waals surface area contributed by atoms with Gasteiger partial charge in [0.25, 0.3) is 5.69 Å². The molecule has 0 aromatic heterocycles. The zero-order valence-corrected chi connectivity index (χ0v) is 11.9. The number of hydrogen-bond donors (Lipinski definition) is 0. The second-order valence-electron chi connectivity index (χ2n) is 4.22. The van der Waals surface area contributed by atoms with Crippen molar-refractivity contribution in [2.45, 2.75) is 6.92 Å². The van der Waals surface area contributed by atoms with Gasteiger partial charge in [-0.25, -0.2) is 0 Å². The topological polar surface area (TPSA) is 60.2 Å². The molecule has 0 saturated carbocycles. The van der Waals surface area contributed by atoms with Gasteiger partial charge in [-0.1, -0.05) is 23.2 Å². The SMILES string of the molecule is Cc1cc(C(=O)c2ccc(Cl)c([N+](=O)[O-])c2)ccc1Cl. The molecule has 0 spiro atoms. The largest absolute Gasteiger partial charge is 0.289 e. The van der Waals surface area contributed by atoms with Crippen LogP contribution in [0.25, 0.3) is 0 Å². The van der Waals surface area contributed by atoms with Gasteiger partial charge in [-0.3, -0.25) is 14.9 Å². The van der Waals surface area contributed by atoms with Crippen molar-refractivity contribution in [2.75, 3.05) is 0 Å². The summed E-state index contributed by atoms with van der Waals surface area (Å²) < 4.78 is 0. The lowest BCUT2D eigenvalue weighted by Gasteiger charge is -2.04. The minimum atomic E-state index is -0.619. The number of ketones is 1. The van der Waals surface area contributed by atoms with Crippen LogP contribution >= 0.6 is 23.2 Å². The Kier molecular flexibility index (Phi) is 4.06. The molecule has 2 aromatic rings. The lowest BCUT2D eigenvalue weighted by Crippen LogP contribution is -2.03. The summed E-state index contributed by atoms with van der Waals surface area (Å²) in [6.45, 7) is 1.78. The molecule has 102 valence electrons. The highest BCUT2D eigenvalue weighted by atomic mass is 35.5. The molecule has 4 nitrogen and oxygen atoms in total. The first kappa shape index (κ1) is 14.5. The normalized spacial score (nSPS) is 10.3. The fourth-order valence-electron chi connectivity index (χ4n) is 1.75. The highest BCUT2D eigenvalue weighted by Crippen LogP contribution is 2.26. The predicted molar refractivity (Wildman–Crippen MR) is 77.7 cm³/mol. The van der Waals surface area contributed by atoms with Gasteiger partial charge < -0.3 is 0 Å². The minimum Gasteiger partial charge on any atom is -0.289 e. The van der Waals surface area contributed by atoms with Crippen LogP contribution in [0.4, 0.5) is 5.69 Å². The van der Waals surface area contributed by atoms with E-state index in [1.54, 1.807) is 25.1 Å². The number of nitro groups is 1. The van der Waals surface area contributed by atoms with Crippen molar-refractivity contribution in [1.29, 1.82) is 0 Å². The summed E-state index contributed by atoms with van der Waals surface area (Å²) in [5, 5.41) is 11.4. The second kappa shape index (κ2) is 5.61. The summed E-state index contributed by atoms with van der Waals surface area (Å²) >= 11 is 11.6. The Morgan fingerprint density at radius 1 is 1.05 bits per heavy atom. The molecule has 0 amide bonds. The molecule has 0 aliphatic rings. The van der Waals surface area contributed by atoms with Crippen LogP contribution in [0.2, 0.25) is 10.0 Å². The average molecular weight is 310 g/mol. The third-order valence-electron chi connectivity index (χ3n) is 2.83. The Morgan fingerprint density at radius 3 is 2.15 bits per heavy atom. The Balaban J connectivity index is 2.45. The maximum atomic E-state index is 12.3. The number of benzene rings is 2. The van der Waals surface area contributed by atoms with Gasteiger partial charge in [-0.2, -0.15) is 0 Å². The monoisotopic (exact) mass is 309 g/mol. The van der Waals surface area contributed by atoms with Crippen molar-refractivity contribution < 1.29 is 9.72 Å². The molecule has 0 heterocycles. The summed E-state index contributed by atoms with van der Waals surface area (Å²) in [6.07, 6.45) is 0. The predicted octanol–water partition coefficient (Wildman–Crippen LogP) is 4.44. The van der Waals surface area contributed by atoms with Crippen LogP contribution in [0.5, 0.6) is 0 Å². The van der Waals surface area contributed by atoms with E-state index < -0.39 is 4.92 Å². The zero-order chi connectivity index (χ0) is 14.9. The van der Waals surface area contributed by atoms with E-state index in [0.717, 1.165) is 5.56 Å². The number of carbonyl (C=O) groups is 1. The molecule has 0 fully saturated rings. The van der Waals surface area contributed by atoms with Gasteiger partial charge in [0.15, 0.2) is 5.78 Å². The van der Waals surface area contributed by atoms with Crippen LogP contribution in [0.15, 0.2) is 36.4 Å². The zero-order valence-electron chi connectivity index (χ0n) is 10.4. The Labute approximate surface area is 125 Å². The number of hydrogen-bond acceptors (Lipinski definition) is 3. The van der Waals surface area contributed by atoms with E-state index in [2.05, 4.69) is 0 Å². The van der Waals surface area contributed by atoms with Crippen LogP contribution in [-0.4, -0.2) is 10.7 Å². The van der Waals surface area contributed by atoms with Gasteiger partial charge in [0.2, 0.25) is 0 Å². The third kappa shape index (κ3) is 2.81. The molecule has 0 bridgehead atoms. The number of nitrogens with zero attached hydrogens (tertiary/aromatic N) is 1. The maximum Gasteiger partial charge on any atom is 0.288 e. The van der Waals surface area contributed by atoms with Crippen molar-refractivity contribution in [1.82, 2.24) is 0 Å². The fourth-order valence-corrected chi connectivity index (χ4v) is 2.05. The molecular weight excluding hydrogens is 301 g/mol. The molecule has 0 unspecified atom stereocenters. The van der Waals surface area contributed by atoms with E-state index in [-0.39, 0.29) is 22.1 Å². The number of carbonyl (C=O) groups excluding carboxylic acids is 1. The molecule has 0 atom stereocenters. The first-order valence-corrected chi connectivity index (χ1v) is 6.40. The number of aryl methyl sites for hydroxylation is 1. The van der Waals surface area contributed by atoms with Gasteiger partial charge in [-0.15, -0.1) is 0 Å². The molecule has 0 N–H and O–H groups in total. The summed E-state index contributed by atoms with van der Waals surface area (Å²) in [5.74, 6) is -0.315. The van der Waals surface area contributed by atoms with Crippen molar-refractivity contribution in [3.8, 4) is 0 Å². The van der Waals surface area contributed by atoms with Crippen molar-refractivity contribution in [2.24, 2.45) is 0 Å². The first-order chi connectivity index (χ1) is 9.40. The maximum absolute atomic E-state index is 12.3. The smallest absolute Gasteiger partial charge is 0.288 e. The van der Waals surface area contributed by atoms with Gasteiger partial charge >= 0.3 is 0 Å². The van der Waals surface area contributed by atoms with Crippen LogP contribution in [0.3, 0.4) is 0 Å². The molecule has 6 heteroatoms. The Morgan fingerprint density at radius 2 is 1.60 bits per heavy atom. The van der Waals surface area contributed by atoms with Crippen LogP contribution in [0.1, 0.15) is 21.5 Å². The van der Waals surface area contributed by atoms with Crippen LogP contribution in [0, 0.1) is 17.0 Å². The standard InChI is InChI=1S/C14H9Cl2NO3/c1-8-6-9(2-4-11(8)15)14(18)10-3-5-12(16)13(7-10)17(19)20/h2-7H,1H3. The Hall–Kier alpha value is -1.91. The Bertz CT molecular complexity index is 714. The van der Waals surface area contributed by atoms with E-state index in [9.17, 15) is 14.9 Å². The summed E-state index contributed by atoms with van der Waals surface area (Å²) in [4.78, 5) is 22.5. The van der Waals surface area contributed by atoms with Crippen LogP contribution < -0.4 is 0 Å². The fraction of sp³-hybridized carbons (Fsp3) is 0.0714. The van der Waals surface area contributed by atoms with E-state index in [4.69, 9.17) is 23.2 Å². The molecule has 0 radical (unpaired) electrons. The van der Waals surface area contributed by atoms with E-state index in [1.165, 1.54) is 18.2 Å². The number of halogens is 2. The highest BCUT2D eigenvalue weighted by molar-refractivity contribution is 6.33. The van der Waals surface area contributed by atoms with Gasteiger partial charge in [0, 0.05) is 22.2 Å². The molecular formula is C14H9Cl2NO3.